The first-order valence-corrected chi connectivity index (χ1v) is 10.4. The molecule has 0 spiro atoms. The summed E-state index contributed by atoms with van der Waals surface area (Å²) >= 11 is 0. The lowest BCUT2D eigenvalue weighted by atomic mass is 10.0. The van der Waals surface area contributed by atoms with E-state index >= 15 is 0 Å². The maximum absolute atomic E-state index is 12.2. The van der Waals surface area contributed by atoms with Crippen LogP contribution in [0.4, 0.5) is 5.69 Å². The Morgan fingerprint density at radius 1 is 1.15 bits per heavy atom. The van der Waals surface area contributed by atoms with Gasteiger partial charge in [0.25, 0.3) is 5.91 Å². The number of sulfone groups is 1. The fraction of sp³-hybridized carbons (Fsp3) is 0.211. The van der Waals surface area contributed by atoms with E-state index in [4.69, 9.17) is 5.73 Å². The van der Waals surface area contributed by atoms with Gasteiger partial charge in [-0.15, -0.1) is 10.2 Å². The summed E-state index contributed by atoms with van der Waals surface area (Å²) in [7, 11) is -3.34. The molecule has 0 atom stereocenters. The van der Waals surface area contributed by atoms with Gasteiger partial charge in [0.15, 0.2) is 15.5 Å². The van der Waals surface area contributed by atoms with Gasteiger partial charge in [0.1, 0.15) is 5.52 Å². The number of nitrogens with two attached hydrogens (primary N) is 1. The number of carbonyl (C=O) groups is 1. The van der Waals surface area contributed by atoms with Gasteiger partial charge >= 0.3 is 0 Å². The number of benzene rings is 2. The molecule has 0 bridgehead atoms. The minimum absolute atomic E-state index is 0.0815. The third kappa shape index (κ3) is 3.75. The molecule has 0 aliphatic heterocycles. The smallest absolute Gasteiger partial charge is 0.273 e. The van der Waals surface area contributed by atoms with Gasteiger partial charge in [-0.1, -0.05) is 37.3 Å². The van der Waals surface area contributed by atoms with E-state index in [0.717, 1.165) is 12.7 Å². The molecular weight excluding hydrogens is 364 g/mol. The molecule has 0 aliphatic carbocycles. The lowest BCUT2D eigenvalue weighted by Gasteiger charge is -2.11. The summed E-state index contributed by atoms with van der Waals surface area (Å²) in [6, 6.07) is 12.0. The van der Waals surface area contributed by atoms with Gasteiger partial charge < -0.3 is 11.1 Å². The van der Waals surface area contributed by atoms with Crippen molar-refractivity contribution in [3.8, 4) is 11.1 Å². The topological polar surface area (TPSA) is 115 Å². The number of hydrogen-bond donors (Lipinski definition) is 2. The minimum Gasteiger partial charge on any atom is -0.396 e. The van der Waals surface area contributed by atoms with E-state index in [1.807, 2.05) is 13.0 Å². The SMILES string of the molecule is CCCNC(=O)c1nnc2c(-c3cccc(S(C)(=O)=O)c3)cccc2c1N. The van der Waals surface area contributed by atoms with Gasteiger partial charge in [0.05, 0.1) is 10.6 Å². The second-order valence-electron chi connectivity index (χ2n) is 6.22. The first-order valence-electron chi connectivity index (χ1n) is 8.46. The second kappa shape index (κ2) is 7.32. The Morgan fingerprint density at radius 2 is 1.89 bits per heavy atom. The fourth-order valence-corrected chi connectivity index (χ4v) is 3.43. The highest BCUT2D eigenvalue weighted by Crippen LogP contribution is 2.31. The lowest BCUT2D eigenvalue weighted by Crippen LogP contribution is -2.26. The van der Waals surface area contributed by atoms with Crippen molar-refractivity contribution in [1.82, 2.24) is 15.5 Å². The van der Waals surface area contributed by atoms with E-state index < -0.39 is 9.84 Å². The van der Waals surface area contributed by atoms with Crippen LogP contribution in [-0.2, 0) is 9.84 Å². The van der Waals surface area contributed by atoms with Crippen LogP contribution in [0.25, 0.3) is 22.0 Å². The number of fused-ring (bicyclic) bond motifs is 1. The van der Waals surface area contributed by atoms with Crippen LogP contribution in [0.3, 0.4) is 0 Å². The van der Waals surface area contributed by atoms with Crippen molar-refractivity contribution in [3.05, 3.63) is 48.2 Å². The number of anilines is 1. The maximum atomic E-state index is 12.2. The number of rotatable bonds is 5. The second-order valence-corrected chi connectivity index (χ2v) is 8.24. The molecule has 1 aromatic heterocycles. The van der Waals surface area contributed by atoms with Gasteiger partial charge in [-0.25, -0.2) is 8.42 Å². The van der Waals surface area contributed by atoms with Crippen molar-refractivity contribution in [3.63, 3.8) is 0 Å². The highest BCUT2D eigenvalue weighted by atomic mass is 32.2. The van der Waals surface area contributed by atoms with Crippen molar-refractivity contribution in [2.24, 2.45) is 0 Å². The van der Waals surface area contributed by atoms with Crippen molar-refractivity contribution in [2.45, 2.75) is 18.2 Å². The van der Waals surface area contributed by atoms with E-state index in [1.165, 1.54) is 0 Å². The molecule has 0 fully saturated rings. The molecule has 27 heavy (non-hydrogen) atoms. The highest BCUT2D eigenvalue weighted by molar-refractivity contribution is 7.90. The lowest BCUT2D eigenvalue weighted by molar-refractivity contribution is 0.0949. The molecule has 0 radical (unpaired) electrons. The highest BCUT2D eigenvalue weighted by Gasteiger charge is 2.17. The molecule has 2 aromatic carbocycles. The number of nitrogen functional groups attached to an aromatic ring is 1. The van der Waals surface area contributed by atoms with Gasteiger partial charge in [0.2, 0.25) is 0 Å². The largest absolute Gasteiger partial charge is 0.396 e. The zero-order chi connectivity index (χ0) is 19.6. The van der Waals surface area contributed by atoms with Crippen LogP contribution < -0.4 is 11.1 Å². The van der Waals surface area contributed by atoms with Gasteiger partial charge in [-0.2, -0.15) is 0 Å². The molecule has 3 aromatic rings. The van der Waals surface area contributed by atoms with Crippen LogP contribution >= 0.6 is 0 Å². The van der Waals surface area contributed by atoms with E-state index in [9.17, 15) is 13.2 Å². The molecule has 7 nitrogen and oxygen atoms in total. The summed E-state index contributed by atoms with van der Waals surface area (Å²) in [6.45, 7) is 2.48. The fourth-order valence-electron chi connectivity index (χ4n) is 2.77. The number of nitrogens with one attached hydrogen (secondary N) is 1. The number of hydrogen-bond acceptors (Lipinski definition) is 6. The van der Waals surface area contributed by atoms with Crippen LogP contribution in [0.5, 0.6) is 0 Å². The summed E-state index contributed by atoms with van der Waals surface area (Å²) in [5.41, 5.74) is 8.39. The van der Waals surface area contributed by atoms with Crippen LogP contribution in [0.2, 0.25) is 0 Å². The number of carbonyl (C=O) groups excluding carboxylic acids is 1. The molecular formula is C19H20N4O3S. The van der Waals surface area contributed by atoms with Gasteiger partial charge in [-0.3, -0.25) is 4.79 Å². The molecule has 8 heteroatoms. The predicted molar refractivity (Wildman–Crippen MR) is 105 cm³/mol. The molecule has 140 valence electrons. The standard InChI is InChI=1S/C19H20N4O3S/c1-3-10-21-19(24)18-16(20)15-9-5-8-14(17(15)22-23-18)12-6-4-7-13(11-12)27(2,25)26/h4-9,11H,3,10H2,1-2H3,(H2,20,22)(H,21,24). The van der Waals surface area contributed by atoms with E-state index in [-0.39, 0.29) is 22.2 Å². The summed E-state index contributed by atoms with van der Waals surface area (Å²) in [5.74, 6) is -0.367. The zero-order valence-corrected chi connectivity index (χ0v) is 15.9. The predicted octanol–water partition coefficient (Wildman–Crippen LogP) is 2.42. The maximum Gasteiger partial charge on any atom is 0.273 e. The van der Waals surface area contributed by atoms with Crippen molar-refractivity contribution >= 4 is 32.3 Å². The molecule has 3 rings (SSSR count). The molecule has 0 saturated heterocycles. The summed E-state index contributed by atoms with van der Waals surface area (Å²) in [5, 5.41) is 11.5. The average molecular weight is 384 g/mol. The molecule has 1 heterocycles. The molecule has 0 saturated carbocycles. The molecule has 3 N–H and O–H groups in total. The molecule has 0 unspecified atom stereocenters. The Kier molecular flexibility index (Phi) is 5.09. The average Bonchev–Trinajstić information content (AvgIpc) is 2.65. The van der Waals surface area contributed by atoms with E-state index in [1.54, 1.807) is 36.4 Å². The Morgan fingerprint density at radius 3 is 2.59 bits per heavy atom. The first kappa shape index (κ1) is 18.8. The minimum atomic E-state index is -3.34. The Labute approximate surface area is 157 Å². The van der Waals surface area contributed by atoms with Gasteiger partial charge in [0, 0.05) is 23.8 Å². The number of amides is 1. The summed E-state index contributed by atoms with van der Waals surface area (Å²) < 4.78 is 23.7. The summed E-state index contributed by atoms with van der Waals surface area (Å²) in [6.07, 6.45) is 1.96. The number of nitrogens with zero attached hydrogens (tertiary/aromatic N) is 2. The van der Waals surface area contributed by atoms with E-state index in [0.29, 0.717) is 28.6 Å². The summed E-state index contributed by atoms with van der Waals surface area (Å²) in [4.78, 5) is 12.4. The first-order chi connectivity index (χ1) is 12.8. The van der Waals surface area contributed by atoms with Crippen LogP contribution in [-0.4, -0.2) is 37.3 Å². The quantitative estimate of drug-likeness (QED) is 0.698. The van der Waals surface area contributed by atoms with E-state index in [2.05, 4.69) is 15.5 Å². The van der Waals surface area contributed by atoms with Crippen molar-refractivity contribution < 1.29 is 13.2 Å². The monoisotopic (exact) mass is 384 g/mol. The molecule has 0 aliphatic rings. The third-order valence-electron chi connectivity index (χ3n) is 4.16. The van der Waals surface area contributed by atoms with Crippen molar-refractivity contribution in [2.75, 3.05) is 18.5 Å². The third-order valence-corrected chi connectivity index (χ3v) is 5.27. The van der Waals surface area contributed by atoms with Gasteiger partial charge in [-0.05, 0) is 24.1 Å². The Bertz CT molecular complexity index is 1130. The zero-order valence-electron chi connectivity index (χ0n) is 15.1. The normalized spacial score (nSPS) is 11.5. The number of aromatic nitrogens is 2. The molecule has 1 amide bonds. The Balaban J connectivity index is 2.14. The van der Waals surface area contributed by atoms with Crippen LogP contribution in [0.15, 0.2) is 47.4 Å². The Hall–Kier alpha value is -3.00. The van der Waals surface area contributed by atoms with Crippen LogP contribution in [0.1, 0.15) is 23.8 Å². The van der Waals surface area contributed by atoms with Crippen molar-refractivity contribution in [1.29, 1.82) is 0 Å². The van der Waals surface area contributed by atoms with Crippen LogP contribution in [0, 0.1) is 0 Å².